The Bertz CT molecular complexity index is 84.2. The second kappa shape index (κ2) is 4.11. The summed E-state index contributed by atoms with van der Waals surface area (Å²) in [5.74, 6) is -2.62. The molecule has 0 saturated carbocycles. The summed E-state index contributed by atoms with van der Waals surface area (Å²) in [5.41, 5.74) is 0. The largest absolute Gasteiger partial charge is 0.481 e. The van der Waals surface area contributed by atoms with Crippen molar-refractivity contribution in [3.05, 3.63) is 0 Å². The van der Waals surface area contributed by atoms with Crippen LogP contribution < -0.4 is 0 Å². The molecule has 4 heteroatoms. The predicted octanol–water partition coefficient (Wildman–Crippen LogP) is 0.182. The van der Waals surface area contributed by atoms with Gasteiger partial charge in [0.2, 0.25) is 0 Å². The van der Waals surface area contributed by atoms with E-state index >= 15 is 0 Å². The third kappa shape index (κ3) is 8.87. The third-order valence-electron chi connectivity index (χ3n) is 0.302. The summed E-state index contributed by atoms with van der Waals surface area (Å²) in [6.07, 6.45) is -0.806. The van der Waals surface area contributed by atoms with Crippen molar-refractivity contribution in [2.75, 3.05) is 0 Å². The molecule has 0 radical (unpaired) electrons. The van der Waals surface area contributed by atoms with Crippen molar-refractivity contribution < 1.29 is 19.8 Å². The second-order valence-electron chi connectivity index (χ2n) is 0.964. The monoisotopic (exact) mass is 120 g/mol. The first-order valence-corrected chi connectivity index (χ1v) is 1.56. The highest BCUT2D eigenvalue weighted by molar-refractivity contribution is 5.88. The molecule has 0 amide bonds. The van der Waals surface area contributed by atoms with Crippen LogP contribution in [0.4, 0.5) is 0 Å². The minimum atomic E-state index is -1.31. The number of hydrogen-bond donors (Lipinski definition) is 2. The normalized spacial score (nSPS) is 7.00. The average molecular weight is 120 g/mol. The second-order valence-corrected chi connectivity index (χ2v) is 0.964. The molecule has 0 bridgehead atoms. The SMILES string of the molecule is C.O=C(O)CC(=O)O. The Morgan fingerprint density at radius 1 is 1.12 bits per heavy atom. The third-order valence-corrected chi connectivity index (χ3v) is 0.302. The summed E-state index contributed by atoms with van der Waals surface area (Å²) in [6.45, 7) is 0. The maximum absolute atomic E-state index is 9.43. The Kier molecular flexibility index (Phi) is 5.15. The molecule has 4 nitrogen and oxygen atoms in total. The van der Waals surface area contributed by atoms with E-state index in [4.69, 9.17) is 10.2 Å². The van der Waals surface area contributed by atoms with Crippen LogP contribution >= 0.6 is 0 Å². The average Bonchev–Trinajstić information content (AvgIpc) is 1.27. The van der Waals surface area contributed by atoms with E-state index in [1.807, 2.05) is 0 Å². The summed E-state index contributed by atoms with van der Waals surface area (Å²) < 4.78 is 0. The van der Waals surface area contributed by atoms with Crippen LogP contribution in [0.15, 0.2) is 0 Å². The number of aliphatic carboxylic acids is 2. The zero-order valence-corrected chi connectivity index (χ0v) is 3.42. The quantitative estimate of drug-likeness (QED) is 0.510. The van der Waals surface area contributed by atoms with E-state index in [-0.39, 0.29) is 7.43 Å². The number of carbonyl (C=O) groups is 2. The van der Waals surface area contributed by atoms with Gasteiger partial charge in [-0.2, -0.15) is 0 Å². The molecule has 2 N–H and O–H groups in total. The maximum atomic E-state index is 9.43. The van der Waals surface area contributed by atoms with Crippen LogP contribution in [0.5, 0.6) is 0 Å². The van der Waals surface area contributed by atoms with Gasteiger partial charge in [-0.05, 0) is 0 Å². The van der Waals surface area contributed by atoms with Gasteiger partial charge in [0.05, 0.1) is 0 Å². The number of carboxylic acids is 2. The predicted molar refractivity (Wildman–Crippen MR) is 26.6 cm³/mol. The van der Waals surface area contributed by atoms with Gasteiger partial charge in [0, 0.05) is 0 Å². The van der Waals surface area contributed by atoms with E-state index in [1.165, 1.54) is 0 Å². The number of rotatable bonds is 2. The first-order valence-electron chi connectivity index (χ1n) is 1.56. The molecule has 8 heavy (non-hydrogen) atoms. The van der Waals surface area contributed by atoms with Crippen molar-refractivity contribution >= 4 is 11.9 Å². The molecule has 0 aliphatic carbocycles. The van der Waals surface area contributed by atoms with E-state index in [0.29, 0.717) is 0 Å². The Hall–Kier alpha value is -1.06. The summed E-state index contributed by atoms with van der Waals surface area (Å²) in [6, 6.07) is 0. The molecule has 0 unspecified atom stereocenters. The molecule has 0 rings (SSSR count). The van der Waals surface area contributed by atoms with Crippen LogP contribution in [-0.2, 0) is 9.59 Å². The van der Waals surface area contributed by atoms with Crippen molar-refractivity contribution in [3.8, 4) is 0 Å². The molecular weight excluding hydrogens is 112 g/mol. The maximum Gasteiger partial charge on any atom is 0.314 e. The van der Waals surface area contributed by atoms with Crippen LogP contribution in [0.1, 0.15) is 13.8 Å². The first-order chi connectivity index (χ1) is 3.13. The molecule has 48 valence electrons. The topological polar surface area (TPSA) is 74.6 Å². The summed E-state index contributed by atoms with van der Waals surface area (Å²) in [5, 5.41) is 15.4. The van der Waals surface area contributed by atoms with Gasteiger partial charge in [-0.25, -0.2) is 0 Å². The van der Waals surface area contributed by atoms with E-state index in [9.17, 15) is 9.59 Å². The molecular formula is C4H8O4. The zero-order chi connectivity index (χ0) is 5.86. The van der Waals surface area contributed by atoms with Gasteiger partial charge < -0.3 is 10.2 Å². The van der Waals surface area contributed by atoms with E-state index in [0.717, 1.165) is 0 Å². The fourth-order valence-corrected chi connectivity index (χ4v) is 0.129. The van der Waals surface area contributed by atoms with Gasteiger partial charge in [0.15, 0.2) is 0 Å². The highest BCUT2D eigenvalue weighted by atomic mass is 16.4. The smallest absolute Gasteiger partial charge is 0.314 e. The van der Waals surface area contributed by atoms with Crippen LogP contribution in [0.2, 0.25) is 0 Å². The molecule has 0 aromatic rings. The van der Waals surface area contributed by atoms with Gasteiger partial charge >= 0.3 is 11.9 Å². The number of carboxylic acid groups (broad SMARTS) is 2. The molecule has 0 saturated heterocycles. The minimum Gasteiger partial charge on any atom is -0.481 e. The van der Waals surface area contributed by atoms with E-state index in [1.54, 1.807) is 0 Å². The van der Waals surface area contributed by atoms with Crippen molar-refractivity contribution in [2.45, 2.75) is 13.8 Å². The summed E-state index contributed by atoms with van der Waals surface area (Å²) in [7, 11) is 0. The lowest BCUT2D eigenvalue weighted by Crippen LogP contribution is -2.03. The van der Waals surface area contributed by atoms with Gasteiger partial charge in [-0.1, -0.05) is 7.43 Å². The Morgan fingerprint density at radius 2 is 1.38 bits per heavy atom. The lowest BCUT2D eigenvalue weighted by atomic mass is 10.5. The van der Waals surface area contributed by atoms with Crippen LogP contribution in [0.25, 0.3) is 0 Å². The van der Waals surface area contributed by atoms with Crippen molar-refractivity contribution in [2.24, 2.45) is 0 Å². The van der Waals surface area contributed by atoms with Crippen molar-refractivity contribution in [1.29, 1.82) is 0 Å². The van der Waals surface area contributed by atoms with Crippen LogP contribution in [-0.4, -0.2) is 22.2 Å². The van der Waals surface area contributed by atoms with Gasteiger partial charge in [0.25, 0.3) is 0 Å². The highest BCUT2D eigenvalue weighted by Gasteiger charge is 2.01. The molecule has 0 fully saturated rings. The standard InChI is InChI=1S/C3H4O4.CH4/c4-2(5)1-3(6)7;/h1H2,(H,4,5)(H,6,7);1H4. The molecule has 0 aliphatic heterocycles. The van der Waals surface area contributed by atoms with Gasteiger partial charge in [-0.15, -0.1) is 0 Å². The molecule has 0 aromatic heterocycles. The fourth-order valence-electron chi connectivity index (χ4n) is 0.129. The van der Waals surface area contributed by atoms with E-state index < -0.39 is 18.4 Å². The lowest BCUT2D eigenvalue weighted by Gasteiger charge is -1.80. The van der Waals surface area contributed by atoms with E-state index in [2.05, 4.69) is 0 Å². The lowest BCUT2D eigenvalue weighted by molar-refractivity contribution is -0.147. The molecule has 0 atom stereocenters. The van der Waals surface area contributed by atoms with Crippen LogP contribution in [0, 0.1) is 0 Å². The van der Waals surface area contributed by atoms with Crippen LogP contribution in [0.3, 0.4) is 0 Å². The zero-order valence-electron chi connectivity index (χ0n) is 3.42. The minimum absolute atomic E-state index is 0. The highest BCUT2D eigenvalue weighted by Crippen LogP contribution is 1.74. The Morgan fingerprint density at radius 3 is 1.38 bits per heavy atom. The fraction of sp³-hybridized carbons (Fsp3) is 0.500. The molecule has 0 aromatic carbocycles. The van der Waals surface area contributed by atoms with Gasteiger partial charge in [0.1, 0.15) is 6.42 Å². The first kappa shape index (κ1) is 10.0. The summed E-state index contributed by atoms with van der Waals surface area (Å²) in [4.78, 5) is 18.9. The molecule has 0 aliphatic rings. The summed E-state index contributed by atoms with van der Waals surface area (Å²) >= 11 is 0. The molecule has 0 spiro atoms. The van der Waals surface area contributed by atoms with Crippen molar-refractivity contribution in [3.63, 3.8) is 0 Å². The molecule has 0 heterocycles. The Labute approximate surface area is 46.8 Å². The Balaban J connectivity index is 0. The van der Waals surface area contributed by atoms with Gasteiger partial charge in [-0.3, -0.25) is 9.59 Å². The number of hydrogen-bond acceptors (Lipinski definition) is 2. The van der Waals surface area contributed by atoms with Crippen molar-refractivity contribution in [1.82, 2.24) is 0 Å².